The Bertz CT molecular complexity index is 1750. The molecule has 222 valence electrons. The molecule has 2 heterocycles. The van der Waals surface area contributed by atoms with Crippen LogP contribution in [0.2, 0.25) is 0 Å². The summed E-state index contributed by atoms with van der Waals surface area (Å²) in [6.45, 7) is -0.593. The number of alkyl halides is 3. The smallest absolute Gasteiger partial charge is 0.366 e. The van der Waals surface area contributed by atoms with Crippen molar-refractivity contribution >= 4 is 17.5 Å². The molecule has 0 aliphatic heterocycles. The number of pyridine rings is 1. The standard InChI is InChI=1S/C30H22F6N4O3/c31-18-9-15(10-19(32)13-18)8-17(27-21(2-1-7-38-27)16-3-4-23(33)22(12-16)29(37)43)11-20(41)14-40-24-5-6-25(42)26(24)28(39-40)30(34,35)36/h1-4,7,9-10,12-13,17H,5-6,8,11,14H2,(H2,37,43)/t17-/m1/s1. The van der Waals surface area contributed by atoms with Crippen LogP contribution in [-0.4, -0.2) is 32.2 Å². The Hall–Kier alpha value is -4.81. The van der Waals surface area contributed by atoms with Gasteiger partial charge >= 0.3 is 6.18 Å². The molecule has 1 amide bonds. The Morgan fingerprint density at radius 2 is 1.72 bits per heavy atom. The van der Waals surface area contributed by atoms with Crippen molar-refractivity contribution < 1.29 is 40.7 Å². The summed E-state index contributed by atoms with van der Waals surface area (Å²) in [6.07, 6.45) is -4.10. The molecule has 0 bridgehead atoms. The first-order valence-corrected chi connectivity index (χ1v) is 13.0. The number of rotatable bonds is 9. The first kappa shape index (κ1) is 29.7. The second kappa shape index (κ2) is 11.5. The molecule has 0 spiro atoms. The summed E-state index contributed by atoms with van der Waals surface area (Å²) in [5.74, 6) is -5.76. The minimum Gasteiger partial charge on any atom is -0.366 e. The van der Waals surface area contributed by atoms with E-state index in [2.05, 4.69) is 10.1 Å². The zero-order valence-electron chi connectivity index (χ0n) is 22.2. The Kier molecular flexibility index (Phi) is 7.91. The van der Waals surface area contributed by atoms with E-state index in [-0.39, 0.29) is 42.6 Å². The number of Topliss-reactive ketones (excluding diaryl/α,β-unsaturated/α-hetero) is 2. The van der Waals surface area contributed by atoms with E-state index in [0.717, 1.165) is 22.9 Å². The number of amides is 1. The quantitative estimate of drug-likeness (QED) is 0.252. The topological polar surface area (TPSA) is 108 Å². The van der Waals surface area contributed by atoms with Gasteiger partial charge < -0.3 is 5.73 Å². The summed E-state index contributed by atoms with van der Waals surface area (Å²) in [4.78, 5) is 41.7. The van der Waals surface area contributed by atoms with E-state index >= 15 is 0 Å². The predicted octanol–water partition coefficient (Wildman–Crippen LogP) is 5.59. The highest BCUT2D eigenvalue weighted by Gasteiger charge is 2.43. The van der Waals surface area contributed by atoms with E-state index in [1.165, 1.54) is 18.3 Å². The maximum absolute atomic E-state index is 14.2. The van der Waals surface area contributed by atoms with Gasteiger partial charge in [-0.3, -0.25) is 24.0 Å². The van der Waals surface area contributed by atoms with Crippen molar-refractivity contribution in [3.05, 3.63) is 106 Å². The molecule has 0 unspecified atom stereocenters. The molecule has 2 aromatic heterocycles. The zero-order valence-corrected chi connectivity index (χ0v) is 22.2. The average Bonchev–Trinajstić information content (AvgIpc) is 3.48. The lowest BCUT2D eigenvalue weighted by Gasteiger charge is -2.20. The van der Waals surface area contributed by atoms with Gasteiger partial charge in [-0.1, -0.05) is 12.1 Å². The van der Waals surface area contributed by atoms with Crippen LogP contribution >= 0.6 is 0 Å². The van der Waals surface area contributed by atoms with Gasteiger partial charge in [0.15, 0.2) is 17.3 Å². The molecular formula is C30H22F6N4O3. The van der Waals surface area contributed by atoms with Crippen LogP contribution < -0.4 is 5.73 Å². The summed E-state index contributed by atoms with van der Waals surface area (Å²) in [7, 11) is 0. The third-order valence-corrected chi connectivity index (χ3v) is 7.17. The molecule has 1 aliphatic carbocycles. The van der Waals surface area contributed by atoms with Crippen molar-refractivity contribution in [3.8, 4) is 11.1 Å². The molecule has 43 heavy (non-hydrogen) atoms. The monoisotopic (exact) mass is 600 g/mol. The van der Waals surface area contributed by atoms with Crippen LogP contribution in [0, 0.1) is 17.5 Å². The maximum atomic E-state index is 14.2. The van der Waals surface area contributed by atoms with E-state index < -0.39 is 70.4 Å². The number of nitrogens with two attached hydrogens (primary N) is 1. The molecule has 13 heteroatoms. The van der Waals surface area contributed by atoms with Gasteiger partial charge in [0.2, 0.25) is 0 Å². The highest BCUT2D eigenvalue weighted by molar-refractivity contribution is 6.01. The van der Waals surface area contributed by atoms with Crippen molar-refractivity contribution in [3.63, 3.8) is 0 Å². The second-order valence-corrected chi connectivity index (χ2v) is 10.2. The molecule has 0 saturated carbocycles. The van der Waals surface area contributed by atoms with Gasteiger partial charge in [0.05, 0.1) is 29.1 Å². The van der Waals surface area contributed by atoms with Crippen molar-refractivity contribution in [1.82, 2.24) is 14.8 Å². The zero-order chi connectivity index (χ0) is 31.1. The Morgan fingerprint density at radius 1 is 1.00 bits per heavy atom. The normalized spacial score (nSPS) is 13.7. The minimum absolute atomic E-state index is 0.00627. The lowest BCUT2D eigenvalue weighted by molar-refractivity contribution is -0.142. The Morgan fingerprint density at radius 3 is 2.40 bits per heavy atom. The highest BCUT2D eigenvalue weighted by atomic mass is 19.4. The number of hydrogen-bond acceptors (Lipinski definition) is 5. The summed E-state index contributed by atoms with van der Waals surface area (Å²) >= 11 is 0. The number of nitrogens with zero attached hydrogens (tertiary/aromatic N) is 3. The van der Waals surface area contributed by atoms with Gasteiger partial charge in [-0.2, -0.15) is 18.3 Å². The first-order valence-electron chi connectivity index (χ1n) is 13.0. The number of hydrogen-bond donors (Lipinski definition) is 1. The number of benzene rings is 2. The van der Waals surface area contributed by atoms with E-state index in [1.54, 1.807) is 12.1 Å². The summed E-state index contributed by atoms with van der Waals surface area (Å²) in [5.41, 5.74) is 4.13. The van der Waals surface area contributed by atoms with Gasteiger partial charge in [-0.05, 0) is 54.3 Å². The number of carbonyl (C=O) groups is 3. The number of aromatic nitrogens is 3. The largest absolute Gasteiger partial charge is 0.435 e. The summed E-state index contributed by atoms with van der Waals surface area (Å²) < 4.78 is 83.9. The fourth-order valence-corrected chi connectivity index (χ4v) is 5.38. The fourth-order valence-electron chi connectivity index (χ4n) is 5.38. The van der Waals surface area contributed by atoms with Crippen LogP contribution in [0.3, 0.4) is 0 Å². The van der Waals surface area contributed by atoms with Crippen molar-refractivity contribution in [2.45, 2.75) is 44.3 Å². The average molecular weight is 601 g/mol. The van der Waals surface area contributed by atoms with Crippen LogP contribution in [0.25, 0.3) is 11.1 Å². The second-order valence-electron chi connectivity index (χ2n) is 10.2. The SMILES string of the molecule is NC(=O)c1cc(-c2cccnc2[C@@H](CC(=O)Cn2nc(C(F)(F)F)c3c2CCC3=O)Cc2cc(F)cc(F)c2)ccc1F. The number of primary amides is 1. The van der Waals surface area contributed by atoms with Crippen molar-refractivity contribution in [1.29, 1.82) is 0 Å². The molecule has 0 saturated heterocycles. The summed E-state index contributed by atoms with van der Waals surface area (Å²) in [5, 5.41) is 3.54. The first-order chi connectivity index (χ1) is 20.3. The third-order valence-electron chi connectivity index (χ3n) is 7.17. The molecule has 2 aromatic carbocycles. The molecule has 2 N–H and O–H groups in total. The molecule has 0 fully saturated rings. The fraction of sp³-hybridized carbons (Fsp3) is 0.233. The maximum Gasteiger partial charge on any atom is 0.435 e. The third kappa shape index (κ3) is 6.20. The van der Waals surface area contributed by atoms with Crippen molar-refractivity contribution in [2.75, 3.05) is 0 Å². The van der Waals surface area contributed by atoms with Gasteiger partial charge in [-0.25, -0.2) is 13.2 Å². The van der Waals surface area contributed by atoms with Gasteiger partial charge in [0, 0.05) is 36.6 Å². The van der Waals surface area contributed by atoms with Crippen LogP contribution in [-0.2, 0) is 30.4 Å². The molecule has 4 aromatic rings. The number of carbonyl (C=O) groups excluding carboxylic acids is 3. The lowest BCUT2D eigenvalue weighted by Crippen LogP contribution is -2.19. The predicted molar refractivity (Wildman–Crippen MR) is 140 cm³/mol. The molecule has 1 atom stereocenters. The van der Waals surface area contributed by atoms with Gasteiger partial charge in [0.1, 0.15) is 17.5 Å². The van der Waals surface area contributed by atoms with E-state index in [1.807, 2.05) is 0 Å². The van der Waals surface area contributed by atoms with Crippen molar-refractivity contribution in [2.24, 2.45) is 5.73 Å². The number of halogens is 6. The van der Waals surface area contributed by atoms with E-state index in [0.29, 0.717) is 17.2 Å². The van der Waals surface area contributed by atoms with Crippen LogP contribution in [0.15, 0.2) is 54.7 Å². The molecule has 1 aliphatic rings. The Balaban J connectivity index is 1.53. The lowest BCUT2D eigenvalue weighted by atomic mass is 9.86. The molecular weight excluding hydrogens is 578 g/mol. The molecule has 0 radical (unpaired) electrons. The highest BCUT2D eigenvalue weighted by Crippen LogP contribution is 2.37. The van der Waals surface area contributed by atoms with E-state index in [4.69, 9.17) is 5.73 Å². The number of ketones is 2. The minimum atomic E-state index is -4.90. The van der Waals surface area contributed by atoms with Gasteiger partial charge in [0.25, 0.3) is 5.91 Å². The van der Waals surface area contributed by atoms with Crippen LogP contribution in [0.5, 0.6) is 0 Å². The number of fused-ring (bicyclic) bond motifs is 1. The molecule has 5 rings (SSSR count). The Labute approximate surface area is 240 Å². The van der Waals surface area contributed by atoms with Gasteiger partial charge in [-0.15, -0.1) is 0 Å². The van der Waals surface area contributed by atoms with E-state index in [9.17, 15) is 40.7 Å². The molecule has 7 nitrogen and oxygen atoms in total. The van der Waals surface area contributed by atoms with Crippen LogP contribution in [0.1, 0.15) is 62.1 Å². The van der Waals surface area contributed by atoms with Crippen LogP contribution in [0.4, 0.5) is 26.3 Å². The summed E-state index contributed by atoms with van der Waals surface area (Å²) in [6, 6.07) is 9.58.